The third kappa shape index (κ3) is 6.56. The van der Waals surface area contributed by atoms with Crippen LogP contribution in [0.25, 0.3) is 0 Å². The number of rotatable bonds is 4. The molecule has 0 aliphatic heterocycles. The molecule has 23 heavy (non-hydrogen) atoms. The van der Waals surface area contributed by atoms with E-state index in [9.17, 15) is 13.2 Å². The molecule has 0 heterocycles. The predicted molar refractivity (Wildman–Crippen MR) is 85.0 cm³/mol. The average Bonchev–Trinajstić information content (AvgIpc) is 2.52. The van der Waals surface area contributed by atoms with Gasteiger partial charge in [0.2, 0.25) is 0 Å². The summed E-state index contributed by atoms with van der Waals surface area (Å²) in [6.45, 7) is 2.22. The second-order valence-corrected chi connectivity index (χ2v) is 6.20. The van der Waals surface area contributed by atoms with Crippen molar-refractivity contribution in [3.8, 4) is 17.6 Å². The molecule has 0 saturated heterocycles. The molecule has 1 aliphatic carbocycles. The van der Waals surface area contributed by atoms with E-state index in [1.165, 1.54) is 44.2 Å². The van der Waals surface area contributed by atoms with E-state index in [4.69, 9.17) is 0 Å². The first-order valence-electron chi connectivity index (χ1n) is 8.33. The number of ether oxygens (including phenoxy) is 1. The molecule has 0 aromatic heterocycles. The first-order valence-corrected chi connectivity index (χ1v) is 8.33. The summed E-state index contributed by atoms with van der Waals surface area (Å²) in [6, 6.07) is 5.75. The second-order valence-electron chi connectivity index (χ2n) is 6.20. The van der Waals surface area contributed by atoms with Crippen LogP contribution in [0.5, 0.6) is 5.75 Å². The fourth-order valence-electron chi connectivity index (χ4n) is 3.01. The molecular weight excluding hydrogens is 301 g/mol. The Kier molecular flexibility index (Phi) is 6.38. The molecule has 126 valence electrons. The molecule has 0 radical (unpaired) electrons. The topological polar surface area (TPSA) is 9.23 Å². The number of hydrogen-bond donors (Lipinski definition) is 0. The normalized spacial score (nSPS) is 21.4. The summed E-state index contributed by atoms with van der Waals surface area (Å²) in [4.78, 5) is 0. The van der Waals surface area contributed by atoms with Crippen LogP contribution in [0.3, 0.4) is 0 Å². The average molecular weight is 324 g/mol. The van der Waals surface area contributed by atoms with Crippen molar-refractivity contribution in [3.63, 3.8) is 0 Å². The smallest absolute Gasteiger partial charge is 0.406 e. The van der Waals surface area contributed by atoms with Gasteiger partial charge < -0.3 is 4.74 Å². The zero-order valence-corrected chi connectivity index (χ0v) is 13.5. The van der Waals surface area contributed by atoms with Crippen molar-refractivity contribution in [2.75, 3.05) is 0 Å². The van der Waals surface area contributed by atoms with Crippen LogP contribution in [0, 0.1) is 23.7 Å². The van der Waals surface area contributed by atoms with Crippen LogP contribution in [0.2, 0.25) is 0 Å². The minimum Gasteiger partial charge on any atom is -0.406 e. The molecule has 1 fully saturated rings. The van der Waals surface area contributed by atoms with Crippen LogP contribution in [-0.4, -0.2) is 6.36 Å². The number of hydrogen-bond acceptors (Lipinski definition) is 1. The highest BCUT2D eigenvalue weighted by molar-refractivity contribution is 5.38. The quantitative estimate of drug-likeness (QED) is 0.623. The van der Waals surface area contributed by atoms with Crippen LogP contribution < -0.4 is 4.74 Å². The summed E-state index contributed by atoms with van der Waals surface area (Å²) in [5.41, 5.74) is 0.729. The lowest BCUT2D eigenvalue weighted by Crippen LogP contribution is -2.16. The number of halogens is 3. The Morgan fingerprint density at radius 1 is 1.09 bits per heavy atom. The summed E-state index contributed by atoms with van der Waals surface area (Å²) in [7, 11) is 0. The molecule has 0 spiro atoms. The van der Waals surface area contributed by atoms with Crippen molar-refractivity contribution in [2.45, 2.75) is 58.2 Å². The fraction of sp³-hybridized carbons (Fsp3) is 0.579. The fourth-order valence-corrected chi connectivity index (χ4v) is 3.01. The lowest BCUT2D eigenvalue weighted by atomic mass is 9.80. The van der Waals surface area contributed by atoms with E-state index in [2.05, 4.69) is 23.5 Å². The van der Waals surface area contributed by atoms with Gasteiger partial charge in [-0.05, 0) is 55.9 Å². The van der Waals surface area contributed by atoms with Gasteiger partial charge in [-0.25, -0.2) is 0 Å². The molecule has 1 aromatic rings. The van der Waals surface area contributed by atoms with E-state index in [-0.39, 0.29) is 5.75 Å². The summed E-state index contributed by atoms with van der Waals surface area (Å²) in [6.07, 6.45) is 4.02. The molecule has 1 aromatic carbocycles. The van der Waals surface area contributed by atoms with Gasteiger partial charge >= 0.3 is 6.36 Å². The molecule has 1 saturated carbocycles. The number of unbranched alkanes of at least 4 members (excludes halogenated alkanes) is 1. The van der Waals surface area contributed by atoms with Gasteiger partial charge in [0.05, 0.1) is 0 Å². The standard InChI is InChI=1S/C19H23F3O/c1-2-3-4-15-5-7-16(8-6-15)9-10-17-11-13-18(14-12-17)23-19(20,21)22/h11-16H,2-8H2,1H3/t15-,16-. The molecule has 0 amide bonds. The highest BCUT2D eigenvalue weighted by Gasteiger charge is 2.30. The molecular formula is C19H23F3O. The maximum Gasteiger partial charge on any atom is 0.573 e. The van der Waals surface area contributed by atoms with Gasteiger partial charge in [-0.15, -0.1) is 13.2 Å². The van der Waals surface area contributed by atoms with Crippen molar-refractivity contribution < 1.29 is 17.9 Å². The van der Waals surface area contributed by atoms with Gasteiger partial charge in [0.1, 0.15) is 5.75 Å². The summed E-state index contributed by atoms with van der Waals surface area (Å²) >= 11 is 0. The van der Waals surface area contributed by atoms with Gasteiger partial charge in [0, 0.05) is 11.5 Å². The SMILES string of the molecule is CCCC[C@H]1CC[C@H](C#Cc2ccc(OC(F)(F)F)cc2)CC1. The second kappa shape index (κ2) is 8.29. The van der Waals surface area contributed by atoms with Crippen molar-refractivity contribution in [2.24, 2.45) is 11.8 Å². The van der Waals surface area contributed by atoms with Gasteiger partial charge in [-0.3, -0.25) is 0 Å². The lowest BCUT2D eigenvalue weighted by molar-refractivity contribution is -0.274. The lowest BCUT2D eigenvalue weighted by Gasteiger charge is -2.25. The maximum atomic E-state index is 12.1. The van der Waals surface area contributed by atoms with Crippen molar-refractivity contribution in [1.82, 2.24) is 0 Å². The van der Waals surface area contributed by atoms with E-state index >= 15 is 0 Å². The molecule has 0 atom stereocenters. The first-order chi connectivity index (χ1) is 11.0. The summed E-state index contributed by atoms with van der Waals surface area (Å²) in [5.74, 6) is 7.41. The molecule has 2 rings (SSSR count). The van der Waals surface area contributed by atoms with Gasteiger partial charge in [-0.2, -0.15) is 0 Å². The Hall–Kier alpha value is -1.63. The first kappa shape index (κ1) is 17.7. The Bertz CT molecular complexity index is 528. The van der Waals surface area contributed by atoms with Gasteiger partial charge in [0.15, 0.2) is 0 Å². The molecule has 4 heteroatoms. The largest absolute Gasteiger partial charge is 0.573 e. The monoisotopic (exact) mass is 324 g/mol. The van der Waals surface area contributed by atoms with E-state index in [0.717, 1.165) is 24.3 Å². The van der Waals surface area contributed by atoms with Crippen LogP contribution in [0.4, 0.5) is 13.2 Å². The summed E-state index contributed by atoms with van der Waals surface area (Å²) < 4.78 is 40.1. The molecule has 0 unspecified atom stereocenters. The predicted octanol–water partition coefficient (Wildman–Crippen LogP) is 5.93. The van der Waals surface area contributed by atoms with Crippen LogP contribution >= 0.6 is 0 Å². The van der Waals surface area contributed by atoms with Crippen LogP contribution in [0.1, 0.15) is 57.4 Å². The van der Waals surface area contributed by atoms with E-state index in [1.54, 1.807) is 12.1 Å². The minimum atomic E-state index is -4.65. The number of benzene rings is 1. The minimum absolute atomic E-state index is 0.209. The van der Waals surface area contributed by atoms with E-state index in [0.29, 0.717) is 5.92 Å². The molecule has 1 aliphatic rings. The van der Waals surface area contributed by atoms with Crippen molar-refractivity contribution >= 4 is 0 Å². The Labute approximate surface area is 136 Å². The zero-order valence-electron chi connectivity index (χ0n) is 13.5. The van der Waals surface area contributed by atoms with Gasteiger partial charge in [-0.1, -0.05) is 38.0 Å². The third-order valence-corrected chi connectivity index (χ3v) is 4.32. The third-order valence-electron chi connectivity index (χ3n) is 4.32. The van der Waals surface area contributed by atoms with Crippen molar-refractivity contribution in [1.29, 1.82) is 0 Å². The highest BCUT2D eigenvalue weighted by Crippen LogP contribution is 2.31. The van der Waals surface area contributed by atoms with Gasteiger partial charge in [0.25, 0.3) is 0 Å². The van der Waals surface area contributed by atoms with E-state index < -0.39 is 6.36 Å². The Morgan fingerprint density at radius 2 is 1.74 bits per heavy atom. The zero-order chi connectivity index (χ0) is 16.7. The molecule has 0 bridgehead atoms. The number of alkyl halides is 3. The Morgan fingerprint density at radius 3 is 2.30 bits per heavy atom. The van der Waals surface area contributed by atoms with Crippen LogP contribution in [-0.2, 0) is 0 Å². The Balaban J connectivity index is 1.83. The highest BCUT2D eigenvalue weighted by atomic mass is 19.4. The van der Waals surface area contributed by atoms with Crippen molar-refractivity contribution in [3.05, 3.63) is 29.8 Å². The van der Waals surface area contributed by atoms with E-state index in [1.807, 2.05) is 0 Å². The van der Waals surface area contributed by atoms with Crippen LogP contribution in [0.15, 0.2) is 24.3 Å². The molecule has 0 N–H and O–H groups in total. The summed E-state index contributed by atoms with van der Waals surface area (Å²) in [5, 5.41) is 0. The maximum absolute atomic E-state index is 12.1. The molecule has 1 nitrogen and oxygen atoms in total.